The monoisotopic (exact) mass is 288 g/mol. The molecule has 0 atom stereocenters. The molecule has 0 aromatic heterocycles. The van der Waals surface area contributed by atoms with E-state index in [-0.39, 0.29) is 0 Å². The number of hydrogen-bond acceptors (Lipinski definition) is 2. The van der Waals surface area contributed by atoms with Crippen LogP contribution in [-0.4, -0.2) is 11.5 Å². The van der Waals surface area contributed by atoms with Crippen LogP contribution in [0.4, 0.5) is 0 Å². The highest BCUT2D eigenvalue weighted by Crippen LogP contribution is 2.24. The third-order valence-corrected chi connectivity index (χ3v) is 5.20. The van der Waals surface area contributed by atoms with Crippen LogP contribution < -0.4 is 0 Å². The van der Waals surface area contributed by atoms with E-state index in [1.165, 1.54) is 15.4 Å². The van der Waals surface area contributed by atoms with Gasteiger partial charge >= 0.3 is 0 Å². The summed E-state index contributed by atoms with van der Waals surface area (Å²) in [6, 6.07) is 19.6. The van der Waals surface area contributed by atoms with E-state index in [0.717, 1.165) is 11.5 Å². The summed E-state index contributed by atoms with van der Waals surface area (Å²) < 4.78 is 0. The van der Waals surface area contributed by atoms with Crippen molar-refractivity contribution in [2.24, 2.45) is 0 Å². The molecule has 0 aliphatic rings. The van der Waals surface area contributed by atoms with Gasteiger partial charge in [0.2, 0.25) is 0 Å². The average Bonchev–Trinajstić information content (AvgIpc) is 2.45. The molecular formula is C17H20S2. The fourth-order valence-corrected chi connectivity index (χ4v) is 3.60. The molecule has 0 heterocycles. The molecule has 19 heavy (non-hydrogen) atoms. The van der Waals surface area contributed by atoms with E-state index in [4.69, 9.17) is 0 Å². The van der Waals surface area contributed by atoms with Crippen LogP contribution in [0.5, 0.6) is 0 Å². The van der Waals surface area contributed by atoms with E-state index < -0.39 is 0 Å². The molecule has 0 fully saturated rings. The van der Waals surface area contributed by atoms with Gasteiger partial charge in [0.25, 0.3) is 0 Å². The Hall–Kier alpha value is -0.860. The molecule has 0 unspecified atom stereocenters. The average molecular weight is 288 g/mol. The SMILES string of the molecule is CC(C)c1ccc(SCCSc2ccccc2)cc1. The van der Waals surface area contributed by atoms with E-state index in [1.54, 1.807) is 0 Å². The zero-order valence-corrected chi connectivity index (χ0v) is 13.1. The molecule has 0 nitrogen and oxygen atoms in total. The minimum Gasteiger partial charge on any atom is -0.125 e. The van der Waals surface area contributed by atoms with Crippen LogP contribution in [0.3, 0.4) is 0 Å². The van der Waals surface area contributed by atoms with Crippen LogP contribution >= 0.6 is 23.5 Å². The summed E-state index contributed by atoms with van der Waals surface area (Å²) in [7, 11) is 0. The Balaban J connectivity index is 1.74. The summed E-state index contributed by atoms with van der Waals surface area (Å²) in [6.07, 6.45) is 0. The molecule has 2 aromatic carbocycles. The maximum Gasteiger partial charge on any atom is 0.00745 e. The highest BCUT2D eigenvalue weighted by atomic mass is 32.2. The number of benzene rings is 2. The van der Waals surface area contributed by atoms with Gasteiger partial charge in [0.05, 0.1) is 0 Å². The van der Waals surface area contributed by atoms with Crippen molar-refractivity contribution in [2.75, 3.05) is 11.5 Å². The topological polar surface area (TPSA) is 0 Å². The van der Waals surface area contributed by atoms with Gasteiger partial charge in [0.1, 0.15) is 0 Å². The molecule has 0 saturated heterocycles. The number of thioether (sulfide) groups is 2. The molecular weight excluding hydrogens is 268 g/mol. The second-order valence-corrected chi connectivity index (χ2v) is 7.07. The Morgan fingerprint density at radius 2 is 1.26 bits per heavy atom. The summed E-state index contributed by atoms with van der Waals surface area (Å²) in [4.78, 5) is 2.73. The van der Waals surface area contributed by atoms with Gasteiger partial charge in [0.15, 0.2) is 0 Å². The van der Waals surface area contributed by atoms with E-state index in [0.29, 0.717) is 5.92 Å². The first-order chi connectivity index (χ1) is 9.25. The Labute approximate surface area is 125 Å². The molecule has 0 radical (unpaired) electrons. The van der Waals surface area contributed by atoms with Crippen molar-refractivity contribution in [3.05, 3.63) is 60.2 Å². The fraction of sp³-hybridized carbons (Fsp3) is 0.294. The van der Waals surface area contributed by atoms with Crippen LogP contribution in [0.15, 0.2) is 64.4 Å². The third-order valence-electron chi connectivity index (χ3n) is 2.91. The van der Waals surface area contributed by atoms with Crippen LogP contribution in [0.2, 0.25) is 0 Å². The molecule has 0 spiro atoms. The lowest BCUT2D eigenvalue weighted by Gasteiger charge is -2.06. The van der Waals surface area contributed by atoms with Gasteiger partial charge in [0, 0.05) is 21.3 Å². The summed E-state index contributed by atoms with van der Waals surface area (Å²) >= 11 is 3.87. The maximum absolute atomic E-state index is 2.25. The largest absolute Gasteiger partial charge is 0.125 e. The molecule has 100 valence electrons. The van der Waals surface area contributed by atoms with Crippen molar-refractivity contribution in [2.45, 2.75) is 29.6 Å². The van der Waals surface area contributed by atoms with Gasteiger partial charge in [-0.25, -0.2) is 0 Å². The van der Waals surface area contributed by atoms with E-state index in [1.807, 2.05) is 23.5 Å². The van der Waals surface area contributed by atoms with Gasteiger partial charge < -0.3 is 0 Å². The molecule has 0 saturated carbocycles. The molecule has 0 amide bonds. The lowest BCUT2D eigenvalue weighted by molar-refractivity contribution is 0.865. The van der Waals surface area contributed by atoms with Gasteiger partial charge in [-0.05, 0) is 35.7 Å². The minimum atomic E-state index is 0.618. The number of hydrogen-bond donors (Lipinski definition) is 0. The zero-order valence-electron chi connectivity index (χ0n) is 11.5. The second-order valence-electron chi connectivity index (χ2n) is 4.73. The quantitative estimate of drug-likeness (QED) is 0.494. The Morgan fingerprint density at radius 3 is 1.79 bits per heavy atom. The van der Waals surface area contributed by atoms with Gasteiger partial charge in [-0.1, -0.05) is 44.2 Å². The first-order valence-corrected chi connectivity index (χ1v) is 8.63. The third kappa shape index (κ3) is 4.96. The molecule has 2 heteroatoms. The summed E-state index contributed by atoms with van der Waals surface area (Å²) in [5.74, 6) is 2.92. The summed E-state index contributed by atoms with van der Waals surface area (Å²) in [5.41, 5.74) is 1.42. The molecule has 0 bridgehead atoms. The molecule has 2 aromatic rings. The van der Waals surface area contributed by atoms with Gasteiger partial charge in [-0.15, -0.1) is 23.5 Å². The lowest BCUT2D eigenvalue weighted by Crippen LogP contribution is -1.87. The normalized spacial score (nSPS) is 10.9. The highest BCUT2D eigenvalue weighted by molar-refractivity contribution is 8.03. The van der Waals surface area contributed by atoms with Crippen LogP contribution in [0, 0.1) is 0 Å². The van der Waals surface area contributed by atoms with Gasteiger partial charge in [-0.3, -0.25) is 0 Å². The molecule has 0 aliphatic heterocycles. The highest BCUT2D eigenvalue weighted by Gasteiger charge is 1.99. The lowest BCUT2D eigenvalue weighted by atomic mass is 10.0. The van der Waals surface area contributed by atoms with Crippen molar-refractivity contribution in [1.29, 1.82) is 0 Å². The molecule has 2 rings (SSSR count). The summed E-state index contributed by atoms with van der Waals surface area (Å²) in [6.45, 7) is 4.47. The fourth-order valence-electron chi connectivity index (χ4n) is 1.78. The van der Waals surface area contributed by atoms with Crippen LogP contribution in [0.1, 0.15) is 25.3 Å². The first-order valence-electron chi connectivity index (χ1n) is 6.66. The number of rotatable bonds is 6. The first kappa shape index (κ1) is 14.5. The van der Waals surface area contributed by atoms with Gasteiger partial charge in [-0.2, -0.15) is 0 Å². The predicted molar refractivity (Wildman–Crippen MR) is 88.4 cm³/mol. The van der Waals surface area contributed by atoms with E-state index in [2.05, 4.69) is 68.4 Å². The summed E-state index contributed by atoms with van der Waals surface area (Å²) in [5, 5.41) is 0. The van der Waals surface area contributed by atoms with Crippen molar-refractivity contribution in [3.63, 3.8) is 0 Å². The Kier molecular flexibility index (Phi) is 5.87. The molecule has 0 N–H and O–H groups in total. The van der Waals surface area contributed by atoms with Crippen molar-refractivity contribution < 1.29 is 0 Å². The Bertz CT molecular complexity index is 474. The minimum absolute atomic E-state index is 0.618. The van der Waals surface area contributed by atoms with Crippen LogP contribution in [0.25, 0.3) is 0 Å². The Morgan fingerprint density at radius 1 is 0.737 bits per heavy atom. The maximum atomic E-state index is 2.25. The van der Waals surface area contributed by atoms with E-state index in [9.17, 15) is 0 Å². The second kappa shape index (κ2) is 7.66. The van der Waals surface area contributed by atoms with Crippen molar-refractivity contribution in [1.82, 2.24) is 0 Å². The van der Waals surface area contributed by atoms with Crippen molar-refractivity contribution in [3.8, 4) is 0 Å². The predicted octanol–water partition coefficient (Wildman–Crippen LogP) is 5.69. The van der Waals surface area contributed by atoms with E-state index >= 15 is 0 Å². The van der Waals surface area contributed by atoms with Crippen LogP contribution in [-0.2, 0) is 0 Å². The molecule has 0 aliphatic carbocycles. The van der Waals surface area contributed by atoms with Crippen molar-refractivity contribution >= 4 is 23.5 Å². The standard InChI is InChI=1S/C17H20S2/c1-14(2)15-8-10-17(11-9-15)19-13-12-18-16-6-4-3-5-7-16/h3-11,14H,12-13H2,1-2H3. The zero-order chi connectivity index (χ0) is 13.5. The smallest absolute Gasteiger partial charge is 0.00745 e.